The fraction of sp³-hybridized carbons (Fsp3) is 0. The summed E-state index contributed by atoms with van der Waals surface area (Å²) < 4.78 is 0. The van der Waals surface area contributed by atoms with Gasteiger partial charge in [0.05, 0.1) is 10.7 Å². The fourth-order valence-corrected chi connectivity index (χ4v) is 2.87. The maximum absolute atomic E-state index is 11.0. The third-order valence-corrected chi connectivity index (χ3v) is 3.46. The van der Waals surface area contributed by atoms with Gasteiger partial charge in [0.25, 0.3) is 0 Å². The molecule has 0 fully saturated rings. The first-order valence-corrected chi connectivity index (χ1v) is 6.23. The van der Waals surface area contributed by atoms with Gasteiger partial charge in [-0.1, -0.05) is 29.3 Å². The molecule has 0 saturated carbocycles. The summed E-state index contributed by atoms with van der Waals surface area (Å²) in [5.41, 5.74) is 3.45. The average molecular weight is 292 g/mol. The number of carboxylic acids is 1. The van der Waals surface area contributed by atoms with Gasteiger partial charge in [0.1, 0.15) is 0 Å². The average Bonchev–Trinajstić information content (AvgIpc) is 2.64. The molecule has 0 bridgehead atoms. The van der Waals surface area contributed by atoms with Gasteiger partial charge in [0, 0.05) is 39.6 Å². The van der Waals surface area contributed by atoms with Crippen molar-refractivity contribution in [3.8, 4) is 11.3 Å². The first-order valence-electron chi connectivity index (χ1n) is 5.47. The van der Waals surface area contributed by atoms with Gasteiger partial charge in [0.2, 0.25) is 0 Å². The molecule has 3 rings (SSSR count). The Labute approximate surface area is 119 Å². The lowest BCUT2D eigenvalue weighted by molar-refractivity contribution is -0.131. The summed E-state index contributed by atoms with van der Waals surface area (Å²) in [4.78, 5) is 15.3. The van der Waals surface area contributed by atoms with E-state index in [4.69, 9.17) is 28.3 Å². The fourth-order valence-electron chi connectivity index (χ4n) is 2.28. The van der Waals surface area contributed by atoms with Crippen LogP contribution in [0.3, 0.4) is 0 Å². The smallest absolute Gasteiger partial charge is 0.328 e. The van der Waals surface area contributed by atoms with Crippen LogP contribution in [0.4, 0.5) is 0 Å². The van der Waals surface area contributed by atoms with Crippen LogP contribution in [0.1, 0.15) is 11.1 Å². The number of benzene rings is 1. The van der Waals surface area contributed by atoms with Gasteiger partial charge in [-0.05, 0) is 18.2 Å². The Hall–Kier alpha value is -1.84. The highest BCUT2D eigenvalue weighted by Gasteiger charge is 2.27. The largest absolute Gasteiger partial charge is 0.478 e. The van der Waals surface area contributed by atoms with Gasteiger partial charge in [0.15, 0.2) is 0 Å². The molecule has 19 heavy (non-hydrogen) atoms. The number of hydrogen-bond acceptors (Lipinski definition) is 2. The normalized spacial score (nSPS) is 14.3. The number of aliphatic carboxylic acids is 1. The van der Waals surface area contributed by atoms with Crippen LogP contribution < -0.4 is 0 Å². The molecular weight excluding hydrogens is 285 g/mol. The predicted octanol–water partition coefficient (Wildman–Crippen LogP) is 3.89. The zero-order valence-corrected chi connectivity index (χ0v) is 11.0. The second-order valence-electron chi connectivity index (χ2n) is 4.11. The highest BCUT2D eigenvalue weighted by atomic mass is 35.5. The number of nitrogens with zero attached hydrogens (tertiary/aromatic N) is 1. The van der Waals surface area contributed by atoms with E-state index in [1.165, 1.54) is 0 Å². The van der Waals surface area contributed by atoms with Gasteiger partial charge in [-0.2, -0.15) is 0 Å². The van der Waals surface area contributed by atoms with Crippen molar-refractivity contribution in [2.75, 3.05) is 0 Å². The van der Waals surface area contributed by atoms with Gasteiger partial charge in [-0.3, -0.25) is 4.98 Å². The minimum Gasteiger partial charge on any atom is -0.478 e. The second kappa shape index (κ2) is 4.37. The molecule has 0 radical (unpaired) electrons. The first kappa shape index (κ1) is 12.2. The molecule has 2 aromatic rings. The van der Waals surface area contributed by atoms with Crippen LogP contribution in [-0.4, -0.2) is 16.1 Å². The first-order chi connectivity index (χ1) is 9.08. The molecule has 1 heterocycles. The Bertz CT molecular complexity index is 738. The van der Waals surface area contributed by atoms with Gasteiger partial charge < -0.3 is 5.11 Å². The van der Waals surface area contributed by atoms with Crippen LogP contribution in [0.2, 0.25) is 10.0 Å². The Kier molecular flexibility index (Phi) is 2.81. The van der Waals surface area contributed by atoms with Crippen molar-refractivity contribution in [1.29, 1.82) is 0 Å². The van der Waals surface area contributed by atoms with E-state index >= 15 is 0 Å². The highest BCUT2D eigenvalue weighted by molar-refractivity contribution is 6.37. The molecule has 0 aliphatic heterocycles. The third kappa shape index (κ3) is 1.91. The highest BCUT2D eigenvalue weighted by Crippen LogP contribution is 2.47. The number of fused-ring (bicyclic) bond motifs is 3. The zero-order chi connectivity index (χ0) is 13.6. The topological polar surface area (TPSA) is 50.2 Å². The van der Waals surface area contributed by atoms with Crippen LogP contribution in [0.15, 0.2) is 36.5 Å². The van der Waals surface area contributed by atoms with E-state index in [1.807, 2.05) is 6.07 Å². The molecule has 0 atom stereocenters. The summed E-state index contributed by atoms with van der Waals surface area (Å²) in [5.74, 6) is -1.02. The molecule has 1 aliphatic rings. The second-order valence-corrected chi connectivity index (χ2v) is 4.95. The molecule has 3 nitrogen and oxygen atoms in total. The summed E-state index contributed by atoms with van der Waals surface area (Å²) in [7, 11) is 0. The molecule has 1 aromatic heterocycles. The zero-order valence-electron chi connectivity index (χ0n) is 9.52. The van der Waals surface area contributed by atoms with E-state index in [-0.39, 0.29) is 0 Å². The summed E-state index contributed by atoms with van der Waals surface area (Å²) in [6.45, 7) is 0. The molecule has 1 aliphatic carbocycles. The lowest BCUT2D eigenvalue weighted by Crippen LogP contribution is -1.92. The molecule has 5 heteroatoms. The number of hydrogen-bond donors (Lipinski definition) is 1. The van der Waals surface area contributed by atoms with Crippen molar-refractivity contribution in [3.63, 3.8) is 0 Å². The van der Waals surface area contributed by atoms with Crippen molar-refractivity contribution in [2.45, 2.75) is 0 Å². The minimum atomic E-state index is -1.02. The SMILES string of the molecule is O=C(O)/C=C1\c2cccnc2-c2cc(Cl)cc(Cl)c21. The molecular formula is C14H7Cl2NO2. The maximum atomic E-state index is 11.0. The van der Waals surface area contributed by atoms with E-state index in [9.17, 15) is 4.79 Å². The van der Waals surface area contributed by atoms with E-state index in [1.54, 1.807) is 24.4 Å². The number of carbonyl (C=O) groups is 1. The molecule has 1 aromatic carbocycles. The molecule has 0 spiro atoms. The number of pyridine rings is 1. The van der Waals surface area contributed by atoms with E-state index < -0.39 is 5.97 Å². The van der Waals surface area contributed by atoms with Gasteiger partial charge in [-0.25, -0.2) is 4.79 Å². The van der Waals surface area contributed by atoms with Crippen molar-refractivity contribution >= 4 is 34.7 Å². The van der Waals surface area contributed by atoms with Crippen LogP contribution in [0.5, 0.6) is 0 Å². The van der Waals surface area contributed by atoms with E-state index in [0.717, 1.165) is 17.2 Å². The quantitative estimate of drug-likeness (QED) is 0.692. The molecule has 1 N–H and O–H groups in total. The lowest BCUT2D eigenvalue weighted by Gasteiger charge is -2.04. The van der Waals surface area contributed by atoms with Crippen molar-refractivity contribution in [3.05, 3.63) is 57.7 Å². The molecule has 94 valence electrons. The van der Waals surface area contributed by atoms with Crippen LogP contribution in [0, 0.1) is 0 Å². The van der Waals surface area contributed by atoms with E-state index in [0.29, 0.717) is 26.9 Å². The molecule has 0 amide bonds. The van der Waals surface area contributed by atoms with Crippen molar-refractivity contribution in [2.24, 2.45) is 0 Å². The maximum Gasteiger partial charge on any atom is 0.328 e. The van der Waals surface area contributed by atoms with Gasteiger partial charge >= 0.3 is 5.97 Å². The van der Waals surface area contributed by atoms with Crippen LogP contribution >= 0.6 is 23.2 Å². The van der Waals surface area contributed by atoms with Crippen LogP contribution in [0.25, 0.3) is 16.8 Å². The van der Waals surface area contributed by atoms with Gasteiger partial charge in [-0.15, -0.1) is 0 Å². The third-order valence-electron chi connectivity index (χ3n) is 2.95. The van der Waals surface area contributed by atoms with Crippen molar-refractivity contribution < 1.29 is 9.90 Å². The van der Waals surface area contributed by atoms with E-state index in [2.05, 4.69) is 4.98 Å². The summed E-state index contributed by atoms with van der Waals surface area (Å²) >= 11 is 12.2. The number of halogens is 2. The summed E-state index contributed by atoms with van der Waals surface area (Å²) in [6.07, 6.45) is 2.80. The summed E-state index contributed by atoms with van der Waals surface area (Å²) in [5, 5.41) is 9.93. The minimum absolute atomic E-state index is 0.424. The van der Waals surface area contributed by atoms with Crippen molar-refractivity contribution in [1.82, 2.24) is 4.98 Å². The monoisotopic (exact) mass is 291 g/mol. The Morgan fingerprint density at radius 1 is 1.26 bits per heavy atom. The Morgan fingerprint density at radius 2 is 2.05 bits per heavy atom. The standard InChI is InChI=1S/C14H7Cl2NO2/c15-7-4-10-13(11(16)5-7)9(6-12(18)19)8-2-1-3-17-14(8)10/h1-6H,(H,18,19)/b9-6+. The molecule has 0 saturated heterocycles. The number of aromatic nitrogens is 1. The number of rotatable bonds is 1. The Balaban J connectivity index is 2.40. The predicted molar refractivity (Wildman–Crippen MR) is 74.4 cm³/mol. The lowest BCUT2D eigenvalue weighted by atomic mass is 10.0. The van der Waals surface area contributed by atoms with Crippen LogP contribution in [-0.2, 0) is 4.79 Å². The number of carboxylic acid groups (broad SMARTS) is 1. The Morgan fingerprint density at radius 3 is 2.79 bits per heavy atom. The molecule has 0 unspecified atom stereocenters. The summed E-state index contributed by atoms with van der Waals surface area (Å²) in [6, 6.07) is 6.93.